The predicted octanol–water partition coefficient (Wildman–Crippen LogP) is 1.67. The Bertz CT molecular complexity index is 624. The monoisotopic (exact) mass is 353 g/mol. The van der Waals surface area contributed by atoms with E-state index in [0.717, 1.165) is 15.6 Å². The summed E-state index contributed by atoms with van der Waals surface area (Å²) in [4.78, 5) is 39.9. The highest BCUT2D eigenvalue weighted by atomic mass is 32.1. The number of amides is 2. The molecule has 0 aromatic carbocycles. The first kappa shape index (κ1) is 18.4. The number of nitrogens with one attached hydrogen (secondary N) is 2. The van der Waals surface area contributed by atoms with Crippen LogP contribution < -0.4 is 10.6 Å². The van der Waals surface area contributed by atoms with Crippen LogP contribution in [0.1, 0.15) is 54.1 Å². The fourth-order valence-electron chi connectivity index (χ4n) is 2.85. The molecule has 3 N–H and O–H groups in total. The van der Waals surface area contributed by atoms with Crippen LogP contribution in [-0.2, 0) is 20.9 Å². The summed E-state index contributed by atoms with van der Waals surface area (Å²) in [6, 6.07) is 0. The number of rotatable bonds is 8. The molecule has 2 amide bonds. The van der Waals surface area contributed by atoms with Crippen LogP contribution in [0.5, 0.6) is 0 Å². The van der Waals surface area contributed by atoms with Crippen LogP contribution in [0.2, 0.25) is 0 Å². The lowest BCUT2D eigenvalue weighted by Gasteiger charge is -2.28. The highest BCUT2D eigenvalue weighted by molar-refractivity contribution is 7.11. The Morgan fingerprint density at radius 3 is 2.58 bits per heavy atom. The summed E-state index contributed by atoms with van der Waals surface area (Å²) in [5.41, 5.74) is 0.409. The number of nitrogens with zero attached hydrogens (tertiary/aromatic N) is 1. The van der Waals surface area contributed by atoms with Gasteiger partial charge in [-0.2, -0.15) is 0 Å². The number of carbonyl (C=O) groups excluding carboxylic acids is 2. The van der Waals surface area contributed by atoms with E-state index in [1.165, 1.54) is 0 Å². The number of carbonyl (C=O) groups is 3. The van der Waals surface area contributed by atoms with Gasteiger partial charge in [0, 0.05) is 29.7 Å². The fraction of sp³-hybridized carbons (Fsp3) is 0.625. The molecular weight excluding hydrogens is 330 g/mol. The Morgan fingerprint density at radius 2 is 2.04 bits per heavy atom. The summed E-state index contributed by atoms with van der Waals surface area (Å²) < 4.78 is 0. The number of hydrogen-bond acceptors (Lipinski definition) is 5. The standard InChI is InChI=1S/C16H23N3O4S/c1-10-11(2)24-14(18-10)9-17-12(20)3-6-16(8-5-15(22)23)7-4-13(21)19-16/h3-9H2,1-2H3,(H,17,20)(H,19,21)(H,22,23)/t16-/m1/s1. The van der Waals surface area contributed by atoms with E-state index in [4.69, 9.17) is 5.11 Å². The van der Waals surface area contributed by atoms with Crippen LogP contribution in [0.25, 0.3) is 0 Å². The summed E-state index contributed by atoms with van der Waals surface area (Å²) in [5.74, 6) is -1.08. The minimum Gasteiger partial charge on any atom is -0.481 e. The molecule has 1 aliphatic rings. The Labute approximate surface area is 144 Å². The Morgan fingerprint density at radius 1 is 1.33 bits per heavy atom. The van der Waals surface area contributed by atoms with Crippen molar-refractivity contribution in [3.8, 4) is 0 Å². The summed E-state index contributed by atoms with van der Waals surface area (Å²) in [5, 5.41) is 15.4. The van der Waals surface area contributed by atoms with Crippen molar-refractivity contribution >= 4 is 29.1 Å². The Kier molecular flexibility index (Phi) is 5.93. The topological polar surface area (TPSA) is 108 Å². The van der Waals surface area contributed by atoms with E-state index in [1.807, 2.05) is 13.8 Å². The Balaban J connectivity index is 1.83. The van der Waals surface area contributed by atoms with Crippen molar-refractivity contribution < 1.29 is 19.5 Å². The molecule has 0 unspecified atom stereocenters. The molecular formula is C16H23N3O4S. The molecule has 7 nitrogen and oxygen atoms in total. The van der Waals surface area contributed by atoms with Crippen molar-refractivity contribution in [2.45, 2.75) is 64.5 Å². The lowest BCUT2D eigenvalue weighted by molar-refractivity contribution is -0.137. The number of hydrogen-bond donors (Lipinski definition) is 3. The van der Waals surface area contributed by atoms with Gasteiger partial charge in [0.25, 0.3) is 0 Å². The first-order valence-electron chi connectivity index (χ1n) is 8.02. The predicted molar refractivity (Wildman–Crippen MR) is 89.6 cm³/mol. The molecule has 0 spiro atoms. The summed E-state index contributed by atoms with van der Waals surface area (Å²) in [6.45, 7) is 4.33. The Hall–Kier alpha value is -1.96. The van der Waals surface area contributed by atoms with Gasteiger partial charge in [0.2, 0.25) is 11.8 Å². The van der Waals surface area contributed by atoms with Gasteiger partial charge in [0.05, 0.1) is 12.2 Å². The van der Waals surface area contributed by atoms with Crippen LogP contribution in [0.15, 0.2) is 0 Å². The lowest BCUT2D eigenvalue weighted by atomic mass is 9.86. The van der Waals surface area contributed by atoms with E-state index in [9.17, 15) is 14.4 Å². The van der Waals surface area contributed by atoms with Crippen LogP contribution in [0, 0.1) is 13.8 Å². The molecule has 1 fully saturated rings. The maximum Gasteiger partial charge on any atom is 0.303 e. The second kappa shape index (κ2) is 7.74. The molecule has 1 aliphatic heterocycles. The molecule has 0 radical (unpaired) electrons. The first-order chi connectivity index (χ1) is 11.3. The van der Waals surface area contributed by atoms with E-state index in [0.29, 0.717) is 32.2 Å². The van der Waals surface area contributed by atoms with E-state index in [2.05, 4.69) is 15.6 Å². The molecule has 2 heterocycles. The van der Waals surface area contributed by atoms with Crippen molar-refractivity contribution in [2.24, 2.45) is 0 Å². The highest BCUT2D eigenvalue weighted by Crippen LogP contribution is 2.30. The van der Waals surface area contributed by atoms with E-state index >= 15 is 0 Å². The van der Waals surface area contributed by atoms with Gasteiger partial charge in [-0.25, -0.2) is 4.98 Å². The van der Waals surface area contributed by atoms with Crippen molar-refractivity contribution in [3.63, 3.8) is 0 Å². The molecule has 0 aliphatic carbocycles. The number of aromatic nitrogens is 1. The molecule has 8 heteroatoms. The first-order valence-corrected chi connectivity index (χ1v) is 8.84. The van der Waals surface area contributed by atoms with Crippen molar-refractivity contribution in [3.05, 3.63) is 15.6 Å². The van der Waals surface area contributed by atoms with Crippen molar-refractivity contribution in [1.29, 1.82) is 0 Å². The van der Waals surface area contributed by atoms with Gasteiger partial charge in [0.1, 0.15) is 5.01 Å². The van der Waals surface area contributed by atoms with Gasteiger partial charge in [-0.15, -0.1) is 11.3 Å². The fourth-order valence-corrected chi connectivity index (χ4v) is 3.72. The van der Waals surface area contributed by atoms with Crippen LogP contribution >= 0.6 is 11.3 Å². The van der Waals surface area contributed by atoms with Crippen molar-refractivity contribution in [2.75, 3.05) is 0 Å². The molecule has 1 atom stereocenters. The van der Waals surface area contributed by atoms with E-state index < -0.39 is 11.5 Å². The largest absolute Gasteiger partial charge is 0.481 e. The quantitative estimate of drug-likeness (QED) is 0.659. The number of aliphatic carboxylic acids is 1. The molecule has 0 saturated carbocycles. The van der Waals surface area contributed by atoms with Crippen LogP contribution in [0.3, 0.4) is 0 Å². The number of thiazole rings is 1. The highest BCUT2D eigenvalue weighted by Gasteiger charge is 2.37. The van der Waals surface area contributed by atoms with Gasteiger partial charge in [-0.05, 0) is 33.1 Å². The zero-order chi connectivity index (χ0) is 17.7. The third-order valence-electron chi connectivity index (χ3n) is 4.39. The average molecular weight is 353 g/mol. The number of carboxylic acid groups (broad SMARTS) is 1. The molecule has 24 heavy (non-hydrogen) atoms. The van der Waals surface area contributed by atoms with Gasteiger partial charge in [-0.1, -0.05) is 0 Å². The third kappa shape index (κ3) is 5.02. The van der Waals surface area contributed by atoms with E-state index in [1.54, 1.807) is 11.3 Å². The summed E-state index contributed by atoms with van der Waals surface area (Å²) >= 11 is 1.56. The molecule has 1 aromatic heterocycles. The number of carboxylic acids is 1. The lowest BCUT2D eigenvalue weighted by Crippen LogP contribution is -2.43. The van der Waals surface area contributed by atoms with Gasteiger partial charge >= 0.3 is 5.97 Å². The minimum atomic E-state index is -0.894. The second-order valence-electron chi connectivity index (χ2n) is 6.25. The normalized spacial score (nSPS) is 20.0. The maximum absolute atomic E-state index is 12.1. The zero-order valence-corrected chi connectivity index (χ0v) is 14.8. The zero-order valence-electron chi connectivity index (χ0n) is 14.0. The molecule has 1 aromatic rings. The number of aryl methyl sites for hydroxylation is 2. The molecule has 0 bridgehead atoms. The third-order valence-corrected chi connectivity index (χ3v) is 5.47. The molecule has 1 saturated heterocycles. The summed E-state index contributed by atoms with van der Waals surface area (Å²) in [6.07, 6.45) is 2.01. The van der Waals surface area contributed by atoms with Gasteiger partial charge in [0.15, 0.2) is 0 Å². The van der Waals surface area contributed by atoms with Gasteiger partial charge < -0.3 is 15.7 Å². The smallest absolute Gasteiger partial charge is 0.303 e. The van der Waals surface area contributed by atoms with Gasteiger partial charge in [-0.3, -0.25) is 14.4 Å². The van der Waals surface area contributed by atoms with Crippen LogP contribution in [-0.4, -0.2) is 33.4 Å². The van der Waals surface area contributed by atoms with Crippen molar-refractivity contribution in [1.82, 2.24) is 15.6 Å². The average Bonchev–Trinajstić information content (AvgIpc) is 3.05. The van der Waals surface area contributed by atoms with Crippen LogP contribution in [0.4, 0.5) is 0 Å². The second-order valence-corrected chi connectivity index (χ2v) is 7.54. The molecule has 132 valence electrons. The molecule has 2 rings (SSSR count). The van der Waals surface area contributed by atoms with E-state index in [-0.39, 0.29) is 24.7 Å². The minimum absolute atomic E-state index is 0.0143. The maximum atomic E-state index is 12.1. The summed E-state index contributed by atoms with van der Waals surface area (Å²) in [7, 11) is 0. The SMILES string of the molecule is Cc1nc(CNC(=O)CC[C@]2(CCC(=O)O)CCC(=O)N2)sc1C.